The van der Waals surface area contributed by atoms with E-state index in [0.717, 1.165) is 25.9 Å². The Morgan fingerprint density at radius 1 is 1.29 bits per heavy atom. The number of rotatable bonds is 3. The third kappa shape index (κ3) is 4.09. The van der Waals surface area contributed by atoms with E-state index in [2.05, 4.69) is 15.5 Å². The lowest BCUT2D eigenvalue weighted by molar-refractivity contribution is 0.0693. The van der Waals surface area contributed by atoms with Crippen LogP contribution in [0, 0.1) is 0 Å². The van der Waals surface area contributed by atoms with E-state index < -0.39 is 5.97 Å². The van der Waals surface area contributed by atoms with Crippen molar-refractivity contribution >= 4 is 17.7 Å². The number of hydrogen-bond donors (Lipinski definition) is 4. The predicted molar refractivity (Wildman–Crippen MR) is 77.7 cm³/mol. The number of anilines is 1. The van der Waals surface area contributed by atoms with Crippen molar-refractivity contribution in [2.24, 2.45) is 0 Å². The highest BCUT2D eigenvalue weighted by atomic mass is 16.4. The van der Waals surface area contributed by atoms with Crippen molar-refractivity contribution in [3.05, 3.63) is 23.8 Å². The summed E-state index contributed by atoms with van der Waals surface area (Å²) in [6, 6.07) is 3.68. The van der Waals surface area contributed by atoms with E-state index in [0.29, 0.717) is 5.69 Å². The molecule has 0 aliphatic carbocycles. The summed E-state index contributed by atoms with van der Waals surface area (Å²) in [6.45, 7) is 1.88. The van der Waals surface area contributed by atoms with E-state index in [9.17, 15) is 14.7 Å². The summed E-state index contributed by atoms with van der Waals surface area (Å²) in [5.74, 6) is -1.57. The fourth-order valence-electron chi connectivity index (χ4n) is 2.29. The van der Waals surface area contributed by atoms with Gasteiger partial charge in [0.2, 0.25) is 0 Å². The zero-order valence-electron chi connectivity index (χ0n) is 11.8. The van der Waals surface area contributed by atoms with Crippen LogP contribution in [0.15, 0.2) is 18.2 Å². The lowest BCUT2D eigenvalue weighted by Crippen LogP contribution is -2.44. The first-order chi connectivity index (χ1) is 9.95. The molecule has 7 heteroatoms. The molecule has 2 amide bonds. The first kappa shape index (κ1) is 15.1. The second kappa shape index (κ2) is 6.45. The Morgan fingerprint density at radius 2 is 1.95 bits per heavy atom. The number of amides is 2. The zero-order chi connectivity index (χ0) is 15.4. The molecule has 1 saturated heterocycles. The molecule has 4 N–H and O–H groups in total. The Hall–Kier alpha value is -2.28. The maximum Gasteiger partial charge on any atom is 0.339 e. The number of nitrogens with one attached hydrogen (secondary N) is 2. The van der Waals surface area contributed by atoms with E-state index in [1.807, 2.05) is 7.05 Å². The van der Waals surface area contributed by atoms with E-state index in [4.69, 9.17) is 5.11 Å². The molecule has 0 atom stereocenters. The number of carboxylic acids is 1. The number of carbonyl (C=O) groups is 2. The maximum atomic E-state index is 11.9. The van der Waals surface area contributed by atoms with E-state index in [1.54, 1.807) is 0 Å². The first-order valence-electron chi connectivity index (χ1n) is 6.78. The first-order valence-corrected chi connectivity index (χ1v) is 6.78. The van der Waals surface area contributed by atoms with E-state index in [-0.39, 0.29) is 23.4 Å². The van der Waals surface area contributed by atoms with Gasteiger partial charge in [0.25, 0.3) is 0 Å². The van der Waals surface area contributed by atoms with Crippen LogP contribution in [0.2, 0.25) is 0 Å². The average Bonchev–Trinajstić information content (AvgIpc) is 2.43. The smallest absolute Gasteiger partial charge is 0.339 e. The molecule has 1 aromatic carbocycles. The van der Waals surface area contributed by atoms with Crippen LogP contribution >= 0.6 is 0 Å². The average molecular weight is 293 g/mol. The molecule has 0 saturated carbocycles. The number of benzene rings is 1. The van der Waals surface area contributed by atoms with Crippen molar-refractivity contribution in [3.8, 4) is 5.75 Å². The van der Waals surface area contributed by atoms with Crippen LogP contribution in [0.4, 0.5) is 10.5 Å². The molecule has 1 aromatic rings. The summed E-state index contributed by atoms with van der Waals surface area (Å²) in [7, 11) is 2.04. The van der Waals surface area contributed by atoms with Gasteiger partial charge in [-0.2, -0.15) is 0 Å². The molecule has 7 nitrogen and oxygen atoms in total. The number of carboxylic acid groups (broad SMARTS) is 1. The fourth-order valence-corrected chi connectivity index (χ4v) is 2.29. The molecule has 0 unspecified atom stereocenters. The van der Waals surface area contributed by atoms with Crippen LogP contribution in [0.25, 0.3) is 0 Å². The van der Waals surface area contributed by atoms with Crippen LogP contribution in [0.5, 0.6) is 5.75 Å². The van der Waals surface area contributed by atoms with Gasteiger partial charge in [-0.25, -0.2) is 9.59 Å². The Labute approximate surface area is 122 Å². The lowest BCUT2D eigenvalue weighted by Gasteiger charge is -2.29. The molecule has 21 heavy (non-hydrogen) atoms. The van der Waals surface area contributed by atoms with Gasteiger partial charge < -0.3 is 25.7 Å². The van der Waals surface area contributed by atoms with Gasteiger partial charge >= 0.3 is 12.0 Å². The number of aromatic hydroxyl groups is 1. The van der Waals surface area contributed by atoms with Crippen molar-refractivity contribution < 1.29 is 19.8 Å². The number of hydrogen-bond acceptors (Lipinski definition) is 4. The van der Waals surface area contributed by atoms with Gasteiger partial charge in [-0.1, -0.05) is 0 Å². The summed E-state index contributed by atoms with van der Waals surface area (Å²) >= 11 is 0. The van der Waals surface area contributed by atoms with Crippen LogP contribution in [0.3, 0.4) is 0 Å². The molecule has 0 radical (unpaired) electrons. The number of carbonyl (C=O) groups excluding carboxylic acids is 1. The highest BCUT2D eigenvalue weighted by Crippen LogP contribution is 2.21. The molecule has 1 aliphatic heterocycles. The van der Waals surface area contributed by atoms with Crippen molar-refractivity contribution in [2.75, 3.05) is 25.5 Å². The standard InChI is InChI=1S/C14H19N3O4/c1-17-6-4-9(5-7-17)15-14(21)16-10-2-3-12(18)11(8-10)13(19)20/h2-3,8-9,18H,4-7H2,1H3,(H,19,20)(H2,15,16,21). The van der Waals surface area contributed by atoms with Crippen LogP contribution in [-0.2, 0) is 0 Å². The number of aromatic carboxylic acids is 1. The van der Waals surface area contributed by atoms with Gasteiger partial charge in [0.1, 0.15) is 11.3 Å². The summed E-state index contributed by atoms with van der Waals surface area (Å²) in [5, 5.41) is 23.8. The molecule has 0 aromatic heterocycles. The lowest BCUT2D eigenvalue weighted by atomic mass is 10.1. The van der Waals surface area contributed by atoms with Crippen molar-refractivity contribution in [2.45, 2.75) is 18.9 Å². The minimum absolute atomic E-state index is 0.122. The highest BCUT2D eigenvalue weighted by molar-refractivity contribution is 5.95. The molecule has 1 aliphatic rings. The number of phenols is 1. The van der Waals surface area contributed by atoms with Crippen LogP contribution in [0.1, 0.15) is 23.2 Å². The summed E-state index contributed by atoms with van der Waals surface area (Å²) in [6.07, 6.45) is 1.78. The van der Waals surface area contributed by atoms with Gasteiger partial charge in [-0.3, -0.25) is 0 Å². The molecule has 1 fully saturated rings. The SMILES string of the molecule is CN1CCC(NC(=O)Nc2ccc(O)c(C(=O)O)c2)CC1. The fraction of sp³-hybridized carbons (Fsp3) is 0.429. The summed E-state index contributed by atoms with van der Waals surface area (Å²) < 4.78 is 0. The summed E-state index contributed by atoms with van der Waals surface area (Å²) in [4.78, 5) is 25.0. The molecule has 1 heterocycles. The number of piperidine rings is 1. The molecular weight excluding hydrogens is 274 g/mol. The Balaban J connectivity index is 1.93. The minimum atomic E-state index is -1.24. The van der Waals surface area contributed by atoms with Gasteiger partial charge in [0.05, 0.1) is 0 Å². The van der Waals surface area contributed by atoms with E-state index in [1.165, 1.54) is 18.2 Å². The Morgan fingerprint density at radius 3 is 2.57 bits per heavy atom. The highest BCUT2D eigenvalue weighted by Gasteiger charge is 2.18. The monoisotopic (exact) mass is 293 g/mol. The van der Waals surface area contributed by atoms with Gasteiger partial charge in [0.15, 0.2) is 0 Å². The Kier molecular flexibility index (Phi) is 4.64. The van der Waals surface area contributed by atoms with Crippen LogP contribution < -0.4 is 10.6 Å². The number of urea groups is 1. The quantitative estimate of drug-likeness (QED) is 0.629. The van der Waals surface area contributed by atoms with Gasteiger partial charge in [-0.15, -0.1) is 0 Å². The molecule has 2 rings (SSSR count). The van der Waals surface area contributed by atoms with Crippen LogP contribution in [-0.4, -0.2) is 53.3 Å². The third-order valence-electron chi connectivity index (χ3n) is 3.54. The predicted octanol–water partition coefficient (Wildman–Crippen LogP) is 1.31. The topological polar surface area (TPSA) is 102 Å². The largest absolute Gasteiger partial charge is 0.507 e. The number of nitrogens with zero attached hydrogens (tertiary/aromatic N) is 1. The molecule has 114 valence electrons. The van der Waals surface area contributed by atoms with Crippen molar-refractivity contribution in [1.82, 2.24) is 10.2 Å². The second-order valence-corrected chi connectivity index (χ2v) is 5.21. The maximum absolute atomic E-state index is 11.9. The van der Waals surface area contributed by atoms with Gasteiger partial charge in [0, 0.05) is 11.7 Å². The minimum Gasteiger partial charge on any atom is -0.507 e. The molecule has 0 bridgehead atoms. The molecular formula is C14H19N3O4. The third-order valence-corrected chi connectivity index (χ3v) is 3.54. The van der Waals surface area contributed by atoms with E-state index >= 15 is 0 Å². The normalized spacial score (nSPS) is 16.4. The number of likely N-dealkylation sites (tertiary alicyclic amines) is 1. The molecule has 0 spiro atoms. The zero-order valence-corrected chi connectivity index (χ0v) is 11.8. The summed E-state index contributed by atoms with van der Waals surface area (Å²) in [5.41, 5.74) is 0.0859. The van der Waals surface area contributed by atoms with Crippen molar-refractivity contribution in [1.29, 1.82) is 0 Å². The second-order valence-electron chi connectivity index (χ2n) is 5.21. The van der Waals surface area contributed by atoms with Crippen molar-refractivity contribution in [3.63, 3.8) is 0 Å². The Bertz CT molecular complexity index is 539. The van der Waals surface area contributed by atoms with Gasteiger partial charge in [-0.05, 0) is 51.2 Å².